The number of pyridine rings is 1. The van der Waals surface area contributed by atoms with Crippen molar-refractivity contribution in [2.75, 3.05) is 26.7 Å². The molecule has 0 spiro atoms. The van der Waals surface area contributed by atoms with Gasteiger partial charge in [0, 0.05) is 19.3 Å². The van der Waals surface area contributed by atoms with E-state index in [0.717, 1.165) is 0 Å². The Kier molecular flexibility index (Phi) is 5.68. The van der Waals surface area contributed by atoms with E-state index in [4.69, 9.17) is 4.42 Å². The Bertz CT molecular complexity index is 878. The van der Waals surface area contributed by atoms with Crippen LogP contribution >= 0.6 is 0 Å². The highest BCUT2D eigenvalue weighted by atomic mass is 16.5. The van der Waals surface area contributed by atoms with Crippen LogP contribution in [-0.4, -0.2) is 65.4 Å². The van der Waals surface area contributed by atoms with Crippen molar-refractivity contribution in [3.05, 3.63) is 53.7 Å². The second-order valence-corrected chi connectivity index (χ2v) is 5.88. The minimum Gasteiger partial charge on any atom is -0.465 e. The Morgan fingerprint density at radius 2 is 1.96 bits per heavy atom. The molecule has 0 unspecified atom stereocenters. The van der Waals surface area contributed by atoms with E-state index in [1.54, 1.807) is 6.07 Å². The summed E-state index contributed by atoms with van der Waals surface area (Å²) in [6.45, 7) is 0.413. The van der Waals surface area contributed by atoms with Gasteiger partial charge in [0.2, 0.25) is 0 Å². The summed E-state index contributed by atoms with van der Waals surface area (Å²) < 4.78 is 9.55. The summed E-state index contributed by atoms with van der Waals surface area (Å²) in [6, 6.07) is 5.87. The van der Waals surface area contributed by atoms with Crippen molar-refractivity contribution in [2.24, 2.45) is 0 Å². The predicted octanol–water partition coefficient (Wildman–Crippen LogP) is 0.481. The molecule has 2 aromatic rings. The van der Waals surface area contributed by atoms with Gasteiger partial charge >= 0.3 is 5.97 Å². The Labute approximate surface area is 160 Å². The normalized spacial score (nSPS) is 13.3. The number of furan rings is 1. The highest BCUT2D eigenvalue weighted by Gasteiger charge is 2.32. The molecule has 10 heteroatoms. The van der Waals surface area contributed by atoms with Crippen molar-refractivity contribution in [3.63, 3.8) is 0 Å². The summed E-state index contributed by atoms with van der Waals surface area (Å²) >= 11 is 0. The number of hydrazine groups is 1. The molecule has 2 aromatic heterocycles. The molecule has 1 N–H and O–H groups in total. The first-order chi connectivity index (χ1) is 13.5. The zero-order valence-corrected chi connectivity index (χ0v) is 15.1. The van der Waals surface area contributed by atoms with Gasteiger partial charge in [0.15, 0.2) is 5.76 Å². The maximum absolute atomic E-state index is 12.7. The highest BCUT2D eigenvalue weighted by molar-refractivity contribution is 5.97. The van der Waals surface area contributed by atoms with Crippen LogP contribution in [0.1, 0.15) is 37.8 Å². The zero-order valence-electron chi connectivity index (χ0n) is 15.1. The number of hydrogen-bond acceptors (Lipinski definition) is 7. The van der Waals surface area contributed by atoms with Gasteiger partial charge in [-0.05, 0) is 30.7 Å². The van der Waals surface area contributed by atoms with Gasteiger partial charge in [-0.15, -0.1) is 0 Å². The van der Waals surface area contributed by atoms with Gasteiger partial charge in [0.25, 0.3) is 17.7 Å². The van der Waals surface area contributed by atoms with E-state index >= 15 is 0 Å². The van der Waals surface area contributed by atoms with Crippen LogP contribution in [0.25, 0.3) is 0 Å². The number of nitrogens with one attached hydrogen (secondary N) is 1. The second-order valence-electron chi connectivity index (χ2n) is 5.88. The largest absolute Gasteiger partial charge is 0.465 e. The van der Waals surface area contributed by atoms with Gasteiger partial charge in [-0.25, -0.2) is 14.8 Å². The van der Waals surface area contributed by atoms with Crippen molar-refractivity contribution >= 4 is 23.7 Å². The van der Waals surface area contributed by atoms with E-state index in [0.29, 0.717) is 19.5 Å². The van der Waals surface area contributed by atoms with Crippen LogP contribution in [0.3, 0.4) is 0 Å². The molecule has 0 radical (unpaired) electrons. The van der Waals surface area contributed by atoms with E-state index in [2.05, 4.69) is 15.0 Å². The minimum atomic E-state index is -0.559. The molecule has 0 aromatic carbocycles. The first-order valence-corrected chi connectivity index (χ1v) is 8.49. The third-order valence-electron chi connectivity index (χ3n) is 4.10. The first kappa shape index (κ1) is 19.1. The zero-order chi connectivity index (χ0) is 20.1. The molecule has 1 aliphatic heterocycles. The summed E-state index contributed by atoms with van der Waals surface area (Å²) in [7, 11) is 1.25. The molecular formula is C18H18N4O6. The standard InChI is InChI=1S/C18H18N4O6/c1-27-18(26)12-5-6-13(19-10-12)17(25)22-8-3-7-21(22)15(23)11-20-16(24)14-4-2-9-28-14/h2,4-6,9-10H,3,7-8,11H2,1H3,(H,20,24). The van der Waals surface area contributed by atoms with E-state index in [-0.39, 0.29) is 23.6 Å². The fourth-order valence-corrected chi connectivity index (χ4v) is 2.72. The van der Waals surface area contributed by atoms with Crippen LogP contribution in [0.2, 0.25) is 0 Å². The minimum absolute atomic E-state index is 0.0898. The number of carbonyl (C=O) groups excluding carboxylic acids is 4. The summed E-state index contributed by atoms with van der Waals surface area (Å²) in [5, 5.41) is 5.02. The molecule has 0 aliphatic carbocycles. The van der Waals surface area contributed by atoms with E-state index in [1.807, 2.05) is 0 Å². The van der Waals surface area contributed by atoms with Gasteiger partial charge in [-0.1, -0.05) is 0 Å². The molecule has 3 amide bonds. The lowest BCUT2D eigenvalue weighted by molar-refractivity contribution is -0.139. The molecule has 1 fully saturated rings. The molecule has 0 saturated carbocycles. The number of hydrogen-bond donors (Lipinski definition) is 1. The van der Waals surface area contributed by atoms with E-state index in [1.165, 1.54) is 47.8 Å². The van der Waals surface area contributed by atoms with Crippen LogP contribution in [-0.2, 0) is 9.53 Å². The molecule has 28 heavy (non-hydrogen) atoms. The smallest absolute Gasteiger partial charge is 0.339 e. The second kappa shape index (κ2) is 8.33. The Hall–Kier alpha value is -3.69. The van der Waals surface area contributed by atoms with Crippen molar-refractivity contribution in [1.29, 1.82) is 0 Å². The summed E-state index contributed by atoms with van der Waals surface area (Å²) in [4.78, 5) is 52.4. The average molecular weight is 386 g/mol. The van der Waals surface area contributed by atoms with Crippen LogP contribution in [0.15, 0.2) is 41.1 Å². The third-order valence-corrected chi connectivity index (χ3v) is 4.10. The van der Waals surface area contributed by atoms with Crippen molar-refractivity contribution in [2.45, 2.75) is 6.42 Å². The number of carbonyl (C=O) groups is 4. The quantitative estimate of drug-likeness (QED) is 0.742. The number of ether oxygens (including phenoxy) is 1. The molecule has 0 bridgehead atoms. The Morgan fingerprint density at radius 3 is 2.61 bits per heavy atom. The maximum atomic E-state index is 12.7. The molecular weight excluding hydrogens is 368 g/mol. The topological polar surface area (TPSA) is 122 Å². The van der Waals surface area contributed by atoms with E-state index < -0.39 is 23.7 Å². The number of amides is 3. The third kappa shape index (κ3) is 4.00. The van der Waals surface area contributed by atoms with Gasteiger partial charge in [0.1, 0.15) is 5.69 Å². The summed E-state index contributed by atoms with van der Waals surface area (Å²) in [6.07, 6.45) is 3.20. The molecule has 3 heterocycles. The number of esters is 1. The lowest BCUT2D eigenvalue weighted by Crippen LogP contribution is -2.48. The molecule has 1 aliphatic rings. The molecule has 146 valence electrons. The number of nitrogens with zero attached hydrogens (tertiary/aromatic N) is 3. The average Bonchev–Trinajstić information content (AvgIpc) is 3.42. The van der Waals surface area contributed by atoms with Gasteiger partial charge in [0.05, 0.1) is 25.5 Å². The summed E-state index contributed by atoms with van der Waals surface area (Å²) in [5.41, 5.74) is 0.306. The lowest BCUT2D eigenvalue weighted by atomic mass is 10.2. The Morgan fingerprint density at radius 1 is 1.18 bits per heavy atom. The molecule has 0 atom stereocenters. The fraction of sp³-hybridized carbons (Fsp3) is 0.278. The Balaban J connectivity index is 1.63. The number of aromatic nitrogens is 1. The highest BCUT2D eigenvalue weighted by Crippen LogP contribution is 2.15. The SMILES string of the molecule is COC(=O)c1ccc(C(=O)N2CCCN2C(=O)CNC(=O)c2ccco2)nc1. The monoisotopic (exact) mass is 386 g/mol. The van der Waals surface area contributed by atoms with Crippen LogP contribution in [0, 0.1) is 0 Å². The van der Waals surface area contributed by atoms with Gasteiger partial charge in [-0.2, -0.15) is 0 Å². The van der Waals surface area contributed by atoms with Crippen molar-refractivity contribution in [3.8, 4) is 0 Å². The number of methoxy groups -OCH3 is 1. The van der Waals surface area contributed by atoms with E-state index in [9.17, 15) is 19.2 Å². The van der Waals surface area contributed by atoms with Crippen molar-refractivity contribution in [1.82, 2.24) is 20.3 Å². The first-order valence-electron chi connectivity index (χ1n) is 8.49. The van der Waals surface area contributed by atoms with Gasteiger partial charge < -0.3 is 14.5 Å². The summed E-state index contributed by atoms with van der Waals surface area (Å²) in [5.74, 6) is -1.89. The molecule has 1 saturated heterocycles. The van der Waals surface area contributed by atoms with Crippen LogP contribution < -0.4 is 5.32 Å². The molecule has 3 rings (SSSR count). The number of rotatable bonds is 5. The van der Waals surface area contributed by atoms with Crippen LogP contribution in [0.4, 0.5) is 0 Å². The maximum Gasteiger partial charge on any atom is 0.339 e. The lowest BCUT2D eigenvalue weighted by Gasteiger charge is -2.27. The predicted molar refractivity (Wildman–Crippen MR) is 94.0 cm³/mol. The van der Waals surface area contributed by atoms with Crippen LogP contribution in [0.5, 0.6) is 0 Å². The van der Waals surface area contributed by atoms with Crippen molar-refractivity contribution < 1.29 is 28.3 Å². The fourth-order valence-electron chi connectivity index (χ4n) is 2.72. The van der Waals surface area contributed by atoms with Gasteiger partial charge in [-0.3, -0.25) is 19.4 Å². The molecule has 10 nitrogen and oxygen atoms in total.